The van der Waals surface area contributed by atoms with Crippen LogP contribution >= 0.6 is 0 Å². The molecule has 2 N–H and O–H groups in total. The summed E-state index contributed by atoms with van der Waals surface area (Å²) in [6.45, 7) is 6.01. The van der Waals surface area contributed by atoms with Gasteiger partial charge in [-0.1, -0.05) is 44.2 Å². The van der Waals surface area contributed by atoms with Crippen LogP contribution in [0.5, 0.6) is 5.75 Å². The van der Waals surface area contributed by atoms with E-state index < -0.39 is 35.0 Å². The maximum Gasteiger partial charge on any atom is 0.412 e. The number of nitrogens with one attached hydrogen (secondary N) is 2. The van der Waals surface area contributed by atoms with Crippen LogP contribution < -0.4 is 10.1 Å². The van der Waals surface area contributed by atoms with Gasteiger partial charge in [0.15, 0.2) is 11.6 Å². The molecule has 0 saturated heterocycles. The van der Waals surface area contributed by atoms with Crippen molar-refractivity contribution in [2.45, 2.75) is 32.7 Å². The number of aromatic nitrogens is 1. The SMILES string of the molecule is CCOC(=O)C1=CN(C(=O)c2ccc(F)c(F)c2)CC(C)(C)c2c1[nH]c1cc(OC(=O)NCc3ccccc3)ccc21. The number of halogens is 2. The third-order valence-corrected chi connectivity index (χ3v) is 6.98. The molecule has 3 aromatic carbocycles. The number of fused-ring (bicyclic) bond motifs is 3. The number of esters is 1. The number of H-pyrrole nitrogens is 1. The normalized spacial score (nSPS) is 14.0. The highest BCUT2D eigenvalue weighted by Gasteiger charge is 2.37. The van der Waals surface area contributed by atoms with Gasteiger partial charge in [-0.15, -0.1) is 0 Å². The minimum Gasteiger partial charge on any atom is -0.462 e. The fourth-order valence-electron chi connectivity index (χ4n) is 5.12. The van der Waals surface area contributed by atoms with Gasteiger partial charge in [-0.05, 0) is 48.4 Å². The van der Waals surface area contributed by atoms with Crippen LogP contribution in [-0.4, -0.2) is 41.0 Å². The first-order valence-electron chi connectivity index (χ1n) is 13.4. The van der Waals surface area contributed by atoms with Crippen molar-refractivity contribution in [2.24, 2.45) is 0 Å². The molecule has 0 aliphatic carbocycles. The van der Waals surface area contributed by atoms with E-state index in [1.807, 2.05) is 44.2 Å². The molecule has 2 amide bonds. The molecular weight excluding hydrogens is 544 g/mol. The van der Waals surface area contributed by atoms with Crippen LogP contribution in [-0.2, 0) is 21.5 Å². The average Bonchev–Trinajstić information content (AvgIpc) is 3.30. The van der Waals surface area contributed by atoms with Crippen LogP contribution in [0.2, 0.25) is 0 Å². The molecule has 0 atom stereocenters. The predicted molar refractivity (Wildman–Crippen MR) is 153 cm³/mol. The molecule has 0 unspecified atom stereocenters. The van der Waals surface area contributed by atoms with Gasteiger partial charge in [-0.25, -0.2) is 18.4 Å². The molecule has 4 aromatic rings. The lowest BCUT2D eigenvalue weighted by Gasteiger charge is -2.29. The zero-order valence-electron chi connectivity index (χ0n) is 23.3. The Labute approximate surface area is 240 Å². The van der Waals surface area contributed by atoms with Gasteiger partial charge < -0.3 is 24.7 Å². The highest BCUT2D eigenvalue weighted by atomic mass is 19.2. The van der Waals surface area contributed by atoms with Crippen LogP contribution in [0.4, 0.5) is 13.6 Å². The maximum atomic E-state index is 13.9. The Morgan fingerprint density at radius 1 is 1.00 bits per heavy atom. The van der Waals surface area contributed by atoms with Crippen LogP contribution in [0.15, 0.2) is 72.9 Å². The number of amides is 2. The van der Waals surface area contributed by atoms with E-state index in [9.17, 15) is 23.2 Å². The van der Waals surface area contributed by atoms with Crippen molar-refractivity contribution >= 4 is 34.4 Å². The van der Waals surface area contributed by atoms with Crippen molar-refractivity contribution in [3.05, 3.63) is 107 Å². The fraction of sp³-hybridized carbons (Fsp3) is 0.219. The smallest absolute Gasteiger partial charge is 0.412 e. The van der Waals surface area contributed by atoms with Crippen LogP contribution in [0.25, 0.3) is 16.5 Å². The molecule has 1 aromatic heterocycles. The van der Waals surface area contributed by atoms with Gasteiger partial charge in [0.25, 0.3) is 5.91 Å². The summed E-state index contributed by atoms with van der Waals surface area (Å²) in [5.74, 6) is -3.19. The average molecular weight is 574 g/mol. The van der Waals surface area contributed by atoms with Crippen LogP contribution in [0.3, 0.4) is 0 Å². The predicted octanol–water partition coefficient (Wildman–Crippen LogP) is 6.07. The molecule has 0 bridgehead atoms. The van der Waals surface area contributed by atoms with Crippen molar-refractivity contribution in [3.8, 4) is 5.75 Å². The number of nitrogens with zero attached hydrogens (tertiary/aromatic N) is 1. The Bertz CT molecular complexity index is 1710. The number of hydrogen-bond donors (Lipinski definition) is 2. The molecule has 0 fully saturated rings. The zero-order valence-corrected chi connectivity index (χ0v) is 23.3. The topological polar surface area (TPSA) is 101 Å². The summed E-state index contributed by atoms with van der Waals surface area (Å²) < 4.78 is 38.3. The van der Waals surface area contributed by atoms with Gasteiger partial charge in [-0.3, -0.25) is 4.79 Å². The number of rotatable bonds is 6. The number of hydrogen-bond acceptors (Lipinski definition) is 5. The van der Waals surface area contributed by atoms with Gasteiger partial charge in [-0.2, -0.15) is 0 Å². The zero-order chi connectivity index (χ0) is 30.0. The Morgan fingerprint density at radius 3 is 2.48 bits per heavy atom. The first-order chi connectivity index (χ1) is 20.1. The maximum absolute atomic E-state index is 13.9. The quantitative estimate of drug-likeness (QED) is 0.273. The number of aromatic amines is 1. The van der Waals surface area contributed by atoms with Crippen LogP contribution in [0.1, 0.15) is 48.0 Å². The van der Waals surface area contributed by atoms with Gasteiger partial charge in [0, 0.05) is 47.2 Å². The molecule has 5 rings (SSSR count). The molecule has 0 radical (unpaired) electrons. The van der Waals surface area contributed by atoms with Crippen LogP contribution in [0, 0.1) is 11.6 Å². The van der Waals surface area contributed by atoms with Gasteiger partial charge in [0.05, 0.1) is 17.9 Å². The molecular formula is C32H29F2N3O5. The molecule has 10 heteroatoms. The molecule has 1 aliphatic rings. The van der Waals surface area contributed by atoms with Crippen molar-refractivity contribution in [1.29, 1.82) is 0 Å². The number of benzene rings is 3. The van der Waals surface area contributed by atoms with Crippen molar-refractivity contribution in [3.63, 3.8) is 0 Å². The first-order valence-corrected chi connectivity index (χ1v) is 13.4. The van der Waals surface area contributed by atoms with E-state index in [1.54, 1.807) is 25.1 Å². The minimum absolute atomic E-state index is 0.0630. The highest BCUT2D eigenvalue weighted by Crippen LogP contribution is 2.41. The third kappa shape index (κ3) is 5.74. The Kier molecular flexibility index (Phi) is 7.80. The lowest BCUT2D eigenvalue weighted by Crippen LogP contribution is -2.37. The second-order valence-corrected chi connectivity index (χ2v) is 10.5. The van der Waals surface area contributed by atoms with Crippen molar-refractivity contribution < 1.29 is 32.6 Å². The summed E-state index contributed by atoms with van der Waals surface area (Å²) in [5.41, 5.74) is 2.03. The molecule has 0 saturated carbocycles. The Morgan fingerprint density at radius 2 is 1.76 bits per heavy atom. The second kappa shape index (κ2) is 11.5. The molecule has 216 valence electrons. The number of carbonyl (C=O) groups is 3. The summed E-state index contributed by atoms with van der Waals surface area (Å²) >= 11 is 0. The van der Waals surface area contributed by atoms with Gasteiger partial charge in [0.1, 0.15) is 5.75 Å². The standard InChI is InChI=1S/C32H29F2N3O5/c1-4-41-30(39)23-17-37(29(38)20-10-13-24(33)25(34)14-20)18-32(2,3)27-22-12-11-21(15-26(22)36-28(23)27)42-31(40)35-16-19-8-6-5-7-9-19/h5-15,17,36H,4,16,18H2,1-3H3,(H,35,40). The Balaban J connectivity index is 1.49. The van der Waals surface area contributed by atoms with Gasteiger partial charge in [0.2, 0.25) is 0 Å². The minimum atomic E-state index is -1.15. The van der Waals surface area contributed by atoms with Crippen molar-refractivity contribution in [1.82, 2.24) is 15.2 Å². The molecule has 0 spiro atoms. The largest absolute Gasteiger partial charge is 0.462 e. The number of carbonyl (C=O) groups excluding carboxylic acids is 3. The fourth-order valence-corrected chi connectivity index (χ4v) is 5.12. The lowest BCUT2D eigenvalue weighted by molar-refractivity contribution is -0.136. The van der Waals surface area contributed by atoms with E-state index in [0.717, 1.165) is 28.6 Å². The molecule has 2 heterocycles. The molecule has 1 aliphatic heterocycles. The molecule has 8 nitrogen and oxygen atoms in total. The third-order valence-electron chi connectivity index (χ3n) is 6.98. The van der Waals surface area contributed by atoms with E-state index in [2.05, 4.69) is 10.3 Å². The first kappa shape index (κ1) is 28.5. The van der Waals surface area contributed by atoms with E-state index in [4.69, 9.17) is 9.47 Å². The summed E-state index contributed by atoms with van der Waals surface area (Å²) in [5, 5.41) is 3.47. The van der Waals surface area contributed by atoms with E-state index >= 15 is 0 Å². The van der Waals surface area contributed by atoms with Gasteiger partial charge >= 0.3 is 12.1 Å². The van der Waals surface area contributed by atoms with E-state index in [-0.39, 0.29) is 24.3 Å². The van der Waals surface area contributed by atoms with E-state index in [0.29, 0.717) is 23.5 Å². The lowest BCUT2D eigenvalue weighted by atomic mass is 9.81. The van der Waals surface area contributed by atoms with E-state index in [1.165, 1.54) is 17.2 Å². The molecule has 42 heavy (non-hydrogen) atoms. The number of ether oxygens (including phenoxy) is 2. The monoisotopic (exact) mass is 573 g/mol. The summed E-state index contributed by atoms with van der Waals surface area (Å²) in [7, 11) is 0. The second-order valence-electron chi connectivity index (χ2n) is 10.5. The summed E-state index contributed by atoms with van der Waals surface area (Å²) in [6, 6.07) is 17.4. The summed E-state index contributed by atoms with van der Waals surface area (Å²) in [6.07, 6.45) is 0.754. The summed E-state index contributed by atoms with van der Waals surface area (Å²) in [4.78, 5) is 43.6. The Hall–Kier alpha value is -4.99. The highest BCUT2D eigenvalue weighted by molar-refractivity contribution is 6.18. The van der Waals surface area contributed by atoms with Crippen molar-refractivity contribution in [2.75, 3.05) is 13.2 Å².